The molecule has 0 amide bonds. The summed E-state index contributed by atoms with van der Waals surface area (Å²) < 4.78 is 1.00. The van der Waals surface area contributed by atoms with Gasteiger partial charge in [-0.05, 0) is 34.5 Å². The van der Waals surface area contributed by atoms with E-state index in [-0.39, 0.29) is 5.56 Å². The van der Waals surface area contributed by atoms with E-state index in [2.05, 4.69) is 25.9 Å². The van der Waals surface area contributed by atoms with Gasteiger partial charge in [0.2, 0.25) is 0 Å². The summed E-state index contributed by atoms with van der Waals surface area (Å²) in [6, 6.07) is 3.84. The molecule has 94 valence electrons. The van der Waals surface area contributed by atoms with Crippen molar-refractivity contribution in [3.05, 3.63) is 33.4 Å². The normalized spacial score (nSPS) is 10.6. The molecule has 2 rings (SSSR count). The SMILES string of the molecule is CCCc1nc(-c2ccc(Br)s2)ncc1C(=O)O. The minimum Gasteiger partial charge on any atom is -0.478 e. The van der Waals surface area contributed by atoms with Gasteiger partial charge >= 0.3 is 5.97 Å². The molecule has 0 aliphatic carbocycles. The summed E-state index contributed by atoms with van der Waals surface area (Å²) in [6.45, 7) is 2.00. The highest BCUT2D eigenvalue weighted by Gasteiger charge is 2.14. The number of aromatic nitrogens is 2. The zero-order chi connectivity index (χ0) is 13.1. The minimum atomic E-state index is -0.975. The third-order valence-electron chi connectivity index (χ3n) is 2.38. The molecule has 1 N–H and O–H groups in total. The Bertz CT molecular complexity index is 583. The van der Waals surface area contributed by atoms with Gasteiger partial charge in [-0.2, -0.15) is 0 Å². The monoisotopic (exact) mass is 326 g/mol. The summed E-state index contributed by atoms with van der Waals surface area (Å²) in [5.74, 6) is -0.392. The van der Waals surface area contributed by atoms with E-state index in [0.717, 1.165) is 15.1 Å². The maximum Gasteiger partial charge on any atom is 0.339 e. The molecule has 0 saturated carbocycles. The van der Waals surface area contributed by atoms with E-state index < -0.39 is 5.97 Å². The molecule has 4 nitrogen and oxygen atoms in total. The van der Waals surface area contributed by atoms with Gasteiger partial charge in [-0.15, -0.1) is 11.3 Å². The molecule has 0 fully saturated rings. The number of hydrogen-bond donors (Lipinski definition) is 1. The minimum absolute atomic E-state index is 0.191. The molecule has 2 heterocycles. The molecule has 0 unspecified atom stereocenters. The van der Waals surface area contributed by atoms with Crippen LogP contribution in [-0.4, -0.2) is 21.0 Å². The van der Waals surface area contributed by atoms with Crippen LogP contribution < -0.4 is 0 Å². The number of carboxylic acid groups (broad SMARTS) is 1. The van der Waals surface area contributed by atoms with Crippen molar-refractivity contribution >= 4 is 33.2 Å². The highest BCUT2D eigenvalue weighted by molar-refractivity contribution is 9.11. The van der Waals surface area contributed by atoms with Gasteiger partial charge in [-0.25, -0.2) is 14.8 Å². The Hall–Kier alpha value is -1.27. The second-order valence-electron chi connectivity index (χ2n) is 3.71. The lowest BCUT2D eigenvalue weighted by molar-refractivity contribution is 0.0694. The van der Waals surface area contributed by atoms with Crippen LogP contribution in [0.25, 0.3) is 10.7 Å². The number of carbonyl (C=O) groups is 1. The summed E-state index contributed by atoms with van der Waals surface area (Å²) in [5.41, 5.74) is 0.788. The van der Waals surface area contributed by atoms with Crippen LogP contribution >= 0.6 is 27.3 Å². The van der Waals surface area contributed by atoms with Crippen molar-refractivity contribution in [2.24, 2.45) is 0 Å². The molecule has 2 aromatic rings. The number of rotatable bonds is 4. The number of aryl methyl sites for hydroxylation is 1. The predicted octanol–water partition coefficient (Wildman–Crippen LogP) is 3.62. The maximum absolute atomic E-state index is 11.1. The largest absolute Gasteiger partial charge is 0.478 e. The standard InChI is InChI=1S/C12H11BrN2O2S/c1-2-3-8-7(12(16)17)6-14-11(15-8)9-4-5-10(13)18-9/h4-6H,2-3H2,1H3,(H,16,17). The van der Waals surface area contributed by atoms with Crippen molar-refractivity contribution in [3.63, 3.8) is 0 Å². The summed E-state index contributed by atoms with van der Waals surface area (Å²) in [7, 11) is 0. The van der Waals surface area contributed by atoms with Crippen molar-refractivity contribution in [1.29, 1.82) is 0 Å². The summed E-state index contributed by atoms with van der Waals surface area (Å²) >= 11 is 4.91. The fourth-order valence-corrected chi connectivity index (χ4v) is 2.90. The lowest BCUT2D eigenvalue weighted by atomic mass is 10.1. The number of halogens is 1. The van der Waals surface area contributed by atoms with Crippen LogP contribution in [0.4, 0.5) is 0 Å². The topological polar surface area (TPSA) is 63.1 Å². The Labute approximate surface area is 117 Å². The zero-order valence-electron chi connectivity index (χ0n) is 9.68. The van der Waals surface area contributed by atoms with E-state index in [1.807, 2.05) is 19.1 Å². The molecule has 0 aliphatic rings. The molecule has 2 aromatic heterocycles. The molecule has 0 atom stereocenters. The highest BCUT2D eigenvalue weighted by atomic mass is 79.9. The van der Waals surface area contributed by atoms with E-state index in [4.69, 9.17) is 5.11 Å². The Morgan fingerprint density at radius 1 is 1.50 bits per heavy atom. The first-order valence-corrected chi connectivity index (χ1v) is 7.07. The molecule has 0 radical (unpaired) electrons. The second kappa shape index (κ2) is 5.58. The van der Waals surface area contributed by atoms with Gasteiger partial charge in [-0.3, -0.25) is 0 Å². The van der Waals surface area contributed by atoms with Crippen molar-refractivity contribution in [1.82, 2.24) is 9.97 Å². The number of carboxylic acids is 1. The third-order valence-corrected chi connectivity index (χ3v) is 4.00. The molecule has 0 saturated heterocycles. The summed E-state index contributed by atoms with van der Waals surface area (Å²) in [5, 5.41) is 9.07. The van der Waals surface area contributed by atoms with Gasteiger partial charge in [0.25, 0.3) is 0 Å². The van der Waals surface area contributed by atoms with Crippen LogP contribution in [0.15, 0.2) is 22.1 Å². The molecular weight excluding hydrogens is 316 g/mol. The molecule has 0 aromatic carbocycles. The van der Waals surface area contributed by atoms with Gasteiger partial charge < -0.3 is 5.11 Å². The smallest absolute Gasteiger partial charge is 0.339 e. The zero-order valence-corrected chi connectivity index (χ0v) is 12.1. The molecule has 0 aliphatic heterocycles. The highest BCUT2D eigenvalue weighted by Crippen LogP contribution is 2.29. The third kappa shape index (κ3) is 2.76. The predicted molar refractivity (Wildman–Crippen MR) is 74.0 cm³/mol. The molecule has 18 heavy (non-hydrogen) atoms. The van der Waals surface area contributed by atoms with Crippen LogP contribution in [0.5, 0.6) is 0 Å². The van der Waals surface area contributed by atoms with E-state index in [1.165, 1.54) is 17.5 Å². The summed E-state index contributed by atoms with van der Waals surface area (Å²) in [4.78, 5) is 20.5. The van der Waals surface area contributed by atoms with E-state index in [0.29, 0.717) is 17.9 Å². The molecule has 0 bridgehead atoms. The van der Waals surface area contributed by atoms with Gasteiger partial charge in [0.15, 0.2) is 5.82 Å². The van der Waals surface area contributed by atoms with Gasteiger partial charge in [0, 0.05) is 6.20 Å². The van der Waals surface area contributed by atoms with Crippen molar-refractivity contribution < 1.29 is 9.90 Å². The maximum atomic E-state index is 11.1. The number of thiophene rings is 1. The first kappa shape index (κ1) is 13.2. The quantitative estimate of drug-likeness (QED) is 0.932. The Balaban J connectivity index is 2.45. The van der Waals surface area contributed by atoms with Crippen molar-refractivity contribution in [2.75, 3.05) is 0 Å². The van der Waals surface area contributed by atoms with Crippen molar-refractivity contribution in [3.8, 4) is 10.7 Å². The second-order valence-corrected chi connectivity index (χ2v) is 6.18. The average Bonchev–Trinajstić information content (AvgIpc) is 2.76. The van der Waals surface area contributed by atoms with Crippen LogP contribution in [0.1, 0.15) is 29.4 Å². The number of hydrogen-bond acceptors (Lipinski definition) is 4. The first-order valence-electron chi connectivity index (χ1n) is 5.46. The molecular formula is C12H11BrN2O2S. The molecule has 6 heteroatoms. The lowest BCUT2D eigenvalue weighted by Gasteiger charge is -2.05. The Morgan fingerprint density at radius 2 is 2.28 bits per heavy atom. The van der Waals surface area contributed by atoms with Crippen LogP contribution in [-0.2, 0) is 6.42 Å². The van der Waals surface area contributed by atoms with E-state index >= 15 is 0 Å². The molecule has 0 spiro atoms. The van der Waals surface area contributed by atoms with E-state index in [9.17, 15) is 4.79 Å². The van der Waals surface area contributed by atoms with Crippen LogP contribution in [0.2, 0.25) is 0 Å². The summed E-state index contributed by atoms with van der Waals surface area (Å²) in [6.07, 6.45) is 2.89. The fraction of sp³-hybridized carbons (Fsp3) is 0.250. The van der Waals surface area contributed by atoms with Crippen LogP contribution in [0, 0.1) is 0 Å². The lowest BCUT2D eigenvalue weighted by Crippen LogP contribution is -2.07. The average molecular weight is 327 g/mol. The van der Waals surface area contributed by atoms with Gasteiger partial charge in [0.05, 0.1) is 19.9 Å². The van der Waals surface area contributed by atoms with Crippen molar-refractivity contribution in [2.45, 2.75) is 19.8 Å². The first-order chi connectivity index (χ1) is 8.61. The van der Waals surface area contributed by atoms with Crippen LogP contribution in [0.3, 0.4) is 0 Å². The number of aromatic carboxylic acids is 1. The Morgan fingerprint density at radius 3 is 2.83 bits per heavy atom. The van der Waals surface area contributed by atoms with Gasteiger partial charge in [0.1, 0.15) is 0 Å². The van der Waals surface area contributed by atoms with Gasteiger partial charge in [-0.1, -0.05) is 13.3 Å². The van der Waals surface area contributed by atoms with E-state index in [1.54, 1.807) is 0 Å². The Kier molecular flexibility index (Phi) is 4.08. The fourth-order valence-electron chi connectivity index (χ4n) is 1.58. The number of nitrogens with zero attached hydrogens (tertiary/aromatic N) is 2.